The van der Waals surface area contributed by atoms with Crippen molar-refractivity contribution in [3.05, 3.63) is 82.9 Å². The number of para-hydroxylation sites is 1. The first-order valence-electron chi connectivity index (χ1n) is 12.4. The second-order valence-electron chi connectivity index (χ2n) is 9.33. The zero-order chi connectivity index (χ0) is 27.0. The van der Waals surface area contributed by atoms with Gasteiger partial charge in [-0.1, -0.05) is 30.3 Å². The van der Waals surface area contributed by atoms with Gasteiger partial charge in [0, 0.05) is 66.6 Å². The highest BCUT2D eigenvalue weighted by Gasteiger charge is 2.36. The summed E-state index contributed by atoms with van der Waals surface area (Å²) >= 11 is 0. The number of piperazine rings is 1. The molecule has 1 aliphatic rings. The van der Waals surface area contributed by atoms with Gasteiger partial charge >= 0.3 is 12.3 Å². The van der Waals surface area contributed by atoms with E-state index in [2.05, 4.69) is 46.7 Å². The van der Waals surface area contributed by atoms with Crippen molar-refractivity contribution in [3.8, 4) is 0 Å². The van der Waals surface area contributed by atoms with Crippen molar-refractivity contribution < 1.29 is 31.5 Å². The van der Waals surface area contributed by atoms with Crippen LogP contribution in [0.3, 0.4) is 0 Å². The Labute approximate surface area is 216 Å². The van der Waals surface area contributed by atoms with E-state index in [-0.39, 0.29) is 0 Å². The van der Waals surface area contributed by atoms with Gasteiger partial charge in [-0.3, -0.25) is 4.90 Å². The largest absolute Gasteiger partial charge is 0.444 e. The van der Waals surface area contributed by atoms with E-state index in [0.717, 1.165) is 18.2 Å². The van der Waals surface area contributed by atoms with Gasteiger partial charge in [-0.05, 0) is 36.8 Å². The third-order valence-electron chi connectivity index (χ3n) is 7.01. The molecule has 1 amide bonds. The monoisotopic (exact) mass is 531 g/mol. The number of carbonyl (C=O) groups excluding carboxylic acids is 1. The topological polar surface area (TPSA) is 37.7 Å². The molecule has 5 nitrogen and oxygen atoms in total. The van der Waals surface area contributed by atoms with E-state index in [1.807, 2.05) is 12.1 Å². The van der Waals surface area contributed by atoms with Crippen LogP contribution in [0.25, 0.3) is 21.8 Å². The molecular weight excluding hydrogens is 505 g/mol. The lowest BCUT2D eigenvalue weighted by atomic mass is 10.1. The molecule has 1 saturated heterocycles. The molecule has 3 aromatic carbocycles. The van der Waals surface area contributed by atoms with Gasteiger partial charge in [0.05, 0.1) is 5.56 Å². The van der Waals surface area contributed by atoms with Crippen molar-refractivity contribution in [2.24, 2.45) is 0 Å². The molecular formula is C28H26F5N3O2. The summed E-state index contributed by atoms with van der Waals surface area (Å²) < 4.78 is 73.4. The van der Waals surface area contributed by atoms with Gasteiger partial charge in [0.15, 0.2) is 11.6 Å². The van der Waals surface area contributed by atoms with Gasteiger partial charge in [-0.15, -0.1) is 0 Å². The number of nitrogens with zero attached hydrogens (tertiary/aromatic N) is 3. The second kappa shape index (κ2) is 10.2. The molecule has 1 fully saturated rings. The van der Waals surface area contributed by atoms with E-state index in [9.17, 15) is 26.7 Å². The molecule has 0 saturated carbocycles. The number of aromatic nitrogens is 1. The highest BCUT2D eigenvalue weighted by atomic mass is 19.4. The van der Waals surface area contributed by atoms with Crippen molar-refractivity contribution in [1.29, 1.82) is 0 Å². The van der Waals surface area contributed by atoms with Crippen LogP contribution in [0.1, 0.15) is 23.6 Å². The van der Waals surface area contributed by atoms with E-state index >= 15 is 0 Å². The molecule has 1 aromatic heterocycles. The number of fused-ring (bicyclic) bond motifs is 3. The molecule has 10 heteroatoms. The first-order chi connectivity index (χ1) is 18.2. The summed E-state index contributed by atoms with van der Waals surface area (Å²) in [6, 6.07) is 16.0. The Kier molecular flexibility index (Phi) is 7.00. The second-order valence-corrected chi connectivity index (χ2v) is 9.33. The van der Waals surface area contributed by atoms with Gasteiger partial charge in [0.1, 0.15) is 6.61 Å². The highest BCUT2D eigenvalue weighted by molar-refractivity contribution is 6.08. The van der Waals surface area contributed by atoms with Gasteiger partial charge in [0.2, 0.25) is 0 Å². The molecule has 0 radical (unpaired) electrons. The van der Waals surface area contributed by atoms with E-state index in [1.165, 1.54) is 26.7 Å². The van der Waals surface area contributed by atoms with Crippen molar-refractivity contribution >= 4 is 27.9 Å². The van der Waals surface area contributed by atoms with Crippen LogP contribution in [0.4, 0.5) is 26.7 Å². The number of aryl methyl sites for hydroxylation is 1. The summed E-state index contributed by atoms with van der Waals surface area (Å²) in [5.41, 5.74) is 1.40. The average molecular weight is 532 g/mol. The fourth-order valence-corrected chi connectivity index (χ4v) is 5.04. The zero-order valence-electron chi connectivity index (χ0n) is 20.7. The summed E-state index contributed by atoms with van der Waals surface area (Å²) in [7, 11) is 0. The number of rotatable bonds is 5. The first-order valence-corrected chi connectivity index (χ1v) is 12.4. The molecule has 0 N–H and O–H groups in total. The number of halogens is 5. The quantitative estimate of drug-likeness (QED) is 0.274. The zero-order valence-corrected chi connectivity index (χ0v) is 20.7. The minimum atomic E-state index is -5.01. The number of benzene rings is 3. The maximum Gasteiger partial charge on any atom is 0.419 e. The molecule has 0 bridgehead atoms. The molecule has 1 aliphatic heterocycles. The van der Waals surface area contributed by atoms with Crippen molar-refractivity contribution in [1.82, 2.24) is 14.4 Å². The molecule has 38 heavy (non-hydrogen) atoms. The lowest BCUT2D eigenvalue weighted by Gasteiger charge is -2.34. The molecule has 5 rings (SSSR count). The fraction of sp³-hybridized carbons (Fsp3) is 0.321. The lowest BCUT2D eigenvalue weighted by Crippen LogP contribution is -2.48. The predicted molar refractivity (Wildman–Crippen MR) is 134 cm³/mol. The molecule has 200 valence electrons. The van der Waals surface area contributed by atoms with Crippen LogP contribution in [0.15, 0.2) is 54.6 Å². The number of hydrogen-bond acceptors (Lipinski definition) is 3. The van der Waals surface area contributed by atoms with E-state index in [0.29, 0.717) is 38.8 Å². The Hall–Kier alpha value is -3.66. The number of hydrogen-bond donors (Lipinski definition) is 0. The Morgan fingerprint density at radius 2 is 1.61 bits per heavy atom. The van der Waals surface area contributed by atoms with Crippen molar-refractivity contribution in [3.63, 3.8) is 0 Å². The standard InChI is InChI=1S/C28H26F5N3O2/c1-2-36-23-6-4-3-5-20(23)21-15-18(7-10-24(21)36)16-34-11-13-35(14-12-34)27(37)38-17-19-8-9-22(28(31,32)33)26(30)25(19)29/h3-10,15H,2,11-14,16-17H2,1H3. The molecule has 0 aliphatic carbocycles. The maximum atomic E-state index is 14.1. The van der Waals surface area contributed by atoms with Crippen LogP contribution in [0, 0.1) is 11.6 Å². The Morgan fingerprint density at radius 1 is 0.895 bits per heavy atom. The van der Waals surface area contributed by atoms with Gasteiger partial charge in [0.25, 0.3) is 0 Å². The van der Waals surface area contributed by atoms with Gasteiger partial charge in [-0.25, -0.2) is 13.6 Å². The van der Waals surface area contributed by atoms with Crippen LogP contribution >= 0.6 is 0 Å². The molecule has 2 heterocycles. The Balaban J connectivity index is 1.18. The molecule has 0 spiro atoms. The summed E-state index contributed by atoms with van der Waals surface area (Å²) in [4.78, 5) is 16.1. The average Bonchev–Trinajstić information content (AvgIpc) is 3.22. The maximum absolute atomic E-state index is 14.1. The third kappa shape index (κ3) is 4.92. The number of amides is 1. The van der Waals surface area contributed by atoms with Crippen LogP contribution in [-0.4, -0.2) is 46.6 Å². The number of ether oxygens (including phenoxy) is 1. The van der Waals surface area contributed by atoms with Gasteiger partial charge in [-0.2, -0.15) is 13.2 Å². The van der Waals surface area contributed by atoms with Crippen LogP contribution < -0.4 is 0 Å². The smallest absolute Gasteiger partial charge is 0.419 e. The van der Waals surface area contributed by atoms with Crippen molar-refractivity contribution in [2.75, 3.05) is 26.2 Å². The van der Waals surface area contributed by atoms with Crippen molar-refractivity contribution in [2.45, 2.75) is 32.8 Å². The molecule has 0 unspecified atom stereocenters. The van der Waals surface area contributed by atoms with Crippen LogP contribution in [-0.2, 0) is 30.6 Å². The minimum Gasteiger partial charge on any atom is -0.444 e. The lowest BCUT2D eigenvalue weighted by molar-refractivity contribution is -0.140. The van der Waals surface area contributed by atoms with E-state index in [1.54, 1.807) is 0 Å². The summed E-state index contributed by atoms with van der Waals surface area (Å²) in [6.45, 7) is 4.98. The number of alkyl halides is 3. The Bertz CT molecular complexity index is 1490. The minimum absolute atomic E-state index is 0.375. The number of carbonyl (C=O) groups is 1. The third-order valence-corrected chi connectivity index (χ3v) is 7.01. The molecule has 4 aromatic rings. The highest BCUT2D eigenvalue weighted by Crippen LogP contribution is 2.33. The first kappa shape index (κ1) is 26.0. The van der Waals surface area contributed by atoms with E-state index < -0.39 is 41.6 Å². The predicted octanol–water partition coefficient (Wildman–Crippen LogP) is 6.57. The van der Waals surface area contributed by atoms with Crippen LogP contribution in [0.5, 0.6) is 0 Å². The normalized spacial score (nSPS) is 14.9. The molecule has 0 atom stereocenters. The Morgan fingerprint density at radius 3 is 2.32 bits per heavy atom. The fourth-order valence-electron chi connectivity index (χ4n) is 5.04. The van der Waals surface area contributed by atoms with E-state index in [4.69, 9.17) is 4.74 Å². The van der Waals surface area contributed by atoms with Crippen LogP contribution in [0.2, 0.25) is 0 Å². The summed E-state index contributed by atoms with van der Waals surface area (Å²) in [6.07, 6.45) is -5.74. The SMILES string of the molecule is CCn1c2ccccc2c2cc(CN3CCN(C(=O)OCc4ccc(C(F)(F)F)c(F)c4F)CC3)ccc21. The summed E-state index contributed by atoms with van der Waals surface area (Å²) in [5.74, 6) is -3.67. The van der Waals surface area contributed by atoms with Gasteiger partial charge < -0.3 is 14.2 Å². The summed E-state index contributed by atoms with van der Waals surface area (Å²) in [5, 5.41) is 2.41.